The number of rotatable bonds is 4. The molecule has 0 aliphatic rings. The number of benzene rings is 1. The fourth-order valence-corrected chi connectivity index (χ4v) is 1.39. The maximum Gasteiger partial charge on any atom is 0.337 e. The summed E-state index contributed by atoms with van der Waals surface area (Å²) in [6.07, 6.45) is 0. The number of carbonyl (C=O) groups excluding carboxylic acids is 2. The first-order valence-corrected chi connectivity index (χ1v) is 5.60. The number of hydrogen-bond acceptors (Lipinski definition) is 3. The predicted octanol–water partition coefficient (Wildman–Crippen LogP) is 0.906. The average molecular weight is 286 g/mol. The maximum absolute atomic E-state index is 11.4. The summed E-state index contributed by atoms with van der Waals surface area (Å²) >= 11 is 5.69. The van der Waals surface area contributed by atoms with Gasteiger partial charge in [0.25, 0.3) is 0 Å². The van der Waals surface area contributed by atoms with Gasteiger partial charge in [0.15, 0.2) is 0 Å². The number of urea groups is 1. The predicted molar refractivity (Wildman–Crippen MR) is 69.5 cm³/mol. The van der Waals surface area contributed by atoms with Crippen LogP contribution in [0.3, 0.4) is 0 Å². The molecule has 4 N–H and O–H groups in total. The van der Waals surface area contributed by atoms with Gasteiger partial charge in [0.1, 0.15) is 0 Å². The first-order chi connectivity index (χ1) is 8.93. The molecule has 0 aromatic heterocycles. The number of likely N-dealkylation sites (N-methyl/N-ethyl adjacent to an activating group) is 1. The fraction of sp³-hybridized carbons (Fsp3) is 0.182. The molecule has 19 heavy (non-hydrogen) atoms. The summed E-state index contributed by atoms with van der Waals surface area (Å²) in [7, 11) is 1.44. The Kier molecular flexibility index (Phi) is 5.13. The number of carbonyl (C=O) groups is 3. The molecule has 1 rings (SSSR count). The van der Waals surface area contributed by atoms with Crippen LogP contribution in [0.1, 0.15) is 10.4 Å². The summed E-state index contributed by atoms with van der Waals surface area (Å²) in [5.74, 6) is -1.54. The fourth-order valence-electron chi connectivity index (χ4n) is 1.19. The van der Waals surface area contributed by atoms with Crippen molar-refractivity contribution in [2.75, 3.05) is 18.9 Å². The van der Waals surface area contributed by atoms with Crippen LogP contribution in [0.2, 0.25) is 5.02 Å². The number of nitrogens with one attached hydrogen (secondary N) is 3. The van der Waals surface area contributed by atoms with Gasteiger partial charge in [-0.05, 0) is 18.2 Å². The van der Waals surface area contributed by atoms with Crippen molar-refractivity contribution < 1.29 is 19.5 Å². The molecule has 0 spiro atoms. The minimum Gasteiger partial charge on any atom is -0.478 e. The SMILES string of the molecule is CNC(=O)CNC(=O)Nc1ccc(Cl)c(C(=O)O)c1. The third-order valence-corrected chi connectivity index (χ3v) is 2.47. The van der Waals surface area contributed by atoms with Gasteiger partial charge >= 0.3 is 12.0 Å². The van der Waals surface area contributed by atoms with Crippen molar-refractivity contribution in [3.05, 3.63) is 28.8 Å². The van der Waals surface area contributed by atoms with E-state index in [0.717, 1.165) is 0 Å². The second kappa shape index (κ2) is 6.60. The molecule has 8 heteroatoms. The van der Waals surface area contributed by atoms with Gasteiger partial charge in [-0.15, -0.1) is 0 Å². The monoisotopic (exact) mass is 285 g/mol. The van der Waals surface area contributed by atoms with Gasteiger partial charge in [-0.1, -0.05) is 11.6 Å². The van der Waals surface area contributed by atoms with Crippen LogP contribution in [0.15, 0.2) is 18.2 Å². The highest BCUT2D eigenvalue weighted by atomic mass is 35.5. The molecule has 0 aliphatic carbocycles. The second-order valence-corrected chi connectivity index (χ2v) is 3.89. The number of hydrogen-bond donors (Lipinski definition) is 4. The Bertz CT molecular complexity index is 519. The number of carboxylic acids is 1. The van der Waals surface area contributed by atoms with Crippen LogP contribution in [0.25, 0.3) is 0 Å². The van der Waals surface area contributed by atoms with Crippen LogP contribution >= 0.6 is 11.6 Å². The molecule has 0 bridgehead atoms. The number of amides is 3. The Labute approximate surface area is 113 Å². The Balaban J connectivity index is 2.67. The van der Waals surface area contributed by atoms with Crippen LogP contribution in [-0.2, 0) is 4.79 Å². The van der Waals surface area contributed by atoms with E-state index in [1.165, 1.54) is 25.2 Å². The quantitative estimate of drug-likeness (QED) is 0.659. The Morgan fingerprint density at radius 2 is 2.00 bits per heavy atom. The lowest BCUT2D eigenvalue weighted by molar-refractivity contribution is -0.119. The lowest BCUT2D eigenvalue weighted by Crippen LogP contribution is -2.37. The van der Waals surface area contributed by atoms with Crippen LogP contribution in [-0.4, -0.2) is 36.6 Å². The molecule has 102 valence electrons. The minimum absolute atomic E-state index is 0.0730. The first kappa shape index (κ1) is 14.8. The third-order valence-electron chi connectivity index (χ3n) is 2.14. The summed E-state index contributed by atoms with van der Waals surface area (Å²) in [4.78, 5) is 33.2. The summed E-state index contributed by atoms with van der Waals surface area (Å²) in [6.45, 7) is -0.179. The van der Waals surface area contributed by atoms with Crippen LogP contribution in [0.5, 0.6) is 0 Å². The first-order valence-electron chi connectivity index (χ1n) is 5.22. The van der Waals surface area contributed by atoms with Crippen LogP contribution in [0.4, 0.5) is 10.5 Å². The largest absolute Gasteiger partial charge is 0.478 e. The van der Waals surface area contributed by atoms with Crippen molar-refractivity contribution in [3.63, 3.8) is 0 Å². The zero-order valence-electron chi connectivity index (χ0n) is 9.99. The number of halogens is 1. The molecular weight excluding hydrogens is 274 g/mol. The molecule has 0 saturated heterocycles. The lowest BCUT2D eigenvalue weighted by atomic mass is 10.2. The van der Waals surface area contributed by atoms with E-state index in [1.807, 2.05) is 0 Å². The molecule has 1 aromatic carbocycles. The van der Waals surface area contributed by atoms with Gasteiger partial charge in [-0.25, -0.2) is 9.59 Å². The van der Waals surface area contributed by atoms with E-state index in [0.29, 0.717) is 0 Å². The number of anilines is 1. The summed E-state index contributed by atoms with van der Waals surface area (Å²) in [6, 6.07) is 3.42. The molecule has 0 heterocycles. The molecule has 0 aliphatic heterocycles. The van der Waals surface area contributed by atoms with E-state index in [-0.39, 0.29) is 28.7 Å². The van der Waals surface area contributed by atoms with Crippen molar-refractivity contribution in [2.45, 2.75) is 0 Å². The van der Waals surface area contributed by atoms with Crippen molar-refractivity contribution in [1.82, 2.24) is 10.6 Å². The van der Waals surface area contributed by atoms with Crippen LogP contribution < -0.4 is 16.0 Å². The Morgan fingerprint density at radius 1 is 1.32 bits per heavy atom. The maximum atomic E-state index is 11.4. The van der Waals surface area contributed by atoms with Gasteiger partial charge in [0.2, 0.25) is 5.91 Å². The molecule has 0 atom stereocenters. The highest BCUT2D eigenvalue weighted by Crippen LogP contribution is 2.20. The lowest BCUT2D eigenvalue weighted by Gasteiger charge is -2.08. The standard InChI is InChI=1S/C11H12ClN3O4/c1-13-9(16)5-14-11(19)15-6-2-3-8(12)7(4-6)10(17)18/h2-4H,5H2,1H3,(H,13,16)(H,17,18)(H2,14,15,19). The van der Waals surface area contributed by atoms with E-state index >= 15 is 0 Å². The zero-order valence-corrected chi connectivity index (χ0v) is 10.7. The zero-order chi connectivity index (χ0) is 14.4. The van der Waals surface area contributed by atoms with Gasteiger partial charge in [0, 0.05) is 12.7 Å². The number of aromatic carboxylic acids is 1. The summed E-state index contributed by atoms with van der Waals surface area (Å²) in [5, 5.41) is 16.0. The topological polar surface area (TPSA) is 108 Å². The Morgan fingerprint density at radius 3 is 2.58 bits per heavy atom. The smallest absolute Gasteiger partial charge is 0.337 e. The van der Waals surface area contributed by atoms with Gasteiger partial charge in [-0.3, -0.25) is 4.79 Å². The van der Waals surface area contributed by atoms with Gasteiger partial charge < -0.3 is 21.1 Å². The number of carboxylic acid groups (broad SMARTS) is 1. The Hall–Kier alpha value is -2.28. The van der Waals surface area contributed by atoms with E-state index < -0.39 is 12.0 Å². The van der Waals surface area contributed by atoms with Gasteiger partial charge in [-0.2, -0.15) is 0 Å². The highest BCUT2D eigenvalue weighted by Gasteiger charge is 2.11. The molecule has 0 radical (unpaired) electrons. The van der Waals surface area contributed by atoms with Crippen molar-refractivity contribution in [3.8, 4) is 0 Å². The third kappa shape index (κ3) is 4.47. The highest BCUT2D eigenvalue weighted by molar-refractivity contribution is 6.33. The van der Waals surface area contributed by atoms with Gasteiger partial charge in [0.05, 0.1) is 17.1 Å². The van der Waals surface area contributed by atoms with E-state index in [9.17, 15) is 14.4 Å². The van der Waals surface area contributed by atoms with E-state index in [1.54, 1.807) is 0 Å². The molecule has 0 fully saturated rings. The summed E-state index contributed by atoms with van der Waals surface area (Å²) in [5.41, 5.74) is 0.141. The molecule has 3 amide bonds. The molecule has 7 nitrogen and oxygen atoms in total. The molecule has 1 aromatic rings. The van der Waals surface area contributed by atoms with Crippen LogP contribution in [0, 0.1) is 0 Å². The van der Waals surface area contributed by atoms with Crippen molar-refractivity contribution >= 4 is 35.2 Å². The second-order valence-electron chi connectivity index (χ2n) is 3.48. The average Bonchev–Trinajstić information content (AvgIpc) is 2.37. The molecule has 0 saturated carbocycles. The van der Waals surface area contributed by atoms with Crippen molar-refractivity contribution in [1.29, 1.82) is 0 Å². The normalized spacial score (nSPS) is 9.58. The van der Waals surface area contributed by atoms with E-state index in [2.05, 4.69) is 16.0 Å². The summed E-state index contributed by atoms with van der Waals surface area (Å²) < 4.78 is 0. The van der Waals surface area contributed by atoms with E-state index in [4.69, 9.17) is 16.7 Å². The minimum atomic E-state index is -1.19. The van der Waals surface area contributed by atoms with Crippen molar-refractivity contribution in [2.24, 2.45) is 0 Å². The molecular formula is C11H12ClN3O4. The molecule has 0 unspecified atom stereocenters.